The molecule has 2 aliphatic carbocycles. The monoisotopic (exact) mass is 490 g/mol. The van der Waals surface area contributed by atoms with Gasteiger partial charge in [-0.05, 0) is 48.4 Å². The summed E-state index contributed by atoms with van der Waals surface area (Å²) in [6.07, 6.45) is -0.350. The number of carbonyl (C=O) groups excluding carboxylic acids is 1. The van der Waals surface area contributed by atoms with Crippen LogP contribution in [0.3, 0.4) is 0 Å². The number of pyridine rings is 1. The van der Waals surface area contributed by atoms with Crippen LogP contribution in [0.5, 0.6) is 5.88 Å². The fourth-order valence-electron chi connectivity index (χ4n) is 5.82. The normalized spacial score (nSPS) is 27.6. The molecule has 6 rings (SSSR count). The second-order valence-corrected chi connectivity index (χ2v) is 9.48. The number of aromatic nitrogens is 3. The Balaban J connectivity index is 1.33. The number of carbonyl (C=O) groups is 1. The molecule has 4 radical (unpaired) electrons. The number of amides is 1. The van der Waals surface area contributed by atoms with Gasteiger partial charge in [-0.25, -0.2) is 19.3 Å². The van der Waals surface area contributed by atoms with Crippen LogP contribution in [-0.4, -0.2) is 58.9 Å². The Hall–Kier alpha value is -3.43. The van der Waals surface area contributed by atoms with Crippen molar-refractivity contribution in [3.05, 3.63) is 71.9 Å². The molecule has 3 aliphatic rings. The summed E-state index contributed by atoms with van der Waals surface area (Å²) in [5.74, 6) is -1.45. The zero-order chi connectivity index (χ0) is 25.5. The van der Waals surface area contributed by atoms with E-state index in [2.05, 4.69) is 15.0 Å². The minimum atomic E-state index is -4.52. The van der Waals surface area contributed by atoms with E-state index in [-0.39, 0.29) is 34.2 Å². The average Bonchev–Trinajstić information content (AvgIpc) is 3.57. The fraction of sp³-hybridized carbons (Fsp3) is 0.333. The Kier molecular flexibility index (Phi) is 4.81. The standard InChI is InChI=1S/C24H16B2F4N4O2/c25-23(26)16-10-22(16)9-15(36-17-6-5-12(11-33-17)24(28,29)30)19(22)34(23)21(35)13-3-1-4-14(27)18(13)20-31-7-2-8-32-20/h1-8,11,15-16,19H,9-10H2. The van der Waals surface area contributed by atoms with Gasteiger partial charge in [0, 0.05) is 30.1 Å². The Morgan fingerprint density at radius 2 is 1.81 bits per heavy atom. The van der Waals surface area contributed by atoms with Crippen LogP contribution in [0, 0.1) is 17.2 Å². The van der Waals surface area contributed by atoms with E-state index < -0.39 is 40.9 Å². The van der Waals surface area contributed by atoms with Gasteiger partial charge in [-0.1, -0.05) is 6.07 Å². The van der Waals surface area contributed by atoms with E-state index in [0.717, 1.165) is 12.1 Å². The summed E-state index contributed by atoms with van der Waals surface area (Å²) in [6, 6.07) is 7.09. The first-order chi connectivity index (χ1) is 17.0. The van der Waals surface area contributed by atoms with Crippen molar-refractivity contribution in [3.63, 3.8) is 0 Å². The highest BCUT2D eigenvalue weighted by Crippen LogP contribution is 2.75. The minimum absolute atomic E-state index is 0.00349. The van der Waals surface area contributed by atoms with Crippen LogP contribution in [0.4, 0.5) is 17.6 Å². The van der Waals surface area contributed by atoms with Crippen molar-refractivity contribution in [2.75, 3.05) is 0 Å². The molecule has 1 amide bonds. The number of halogens is 4. The van der Waals surface area contributed by atoms with E-state index in [1.54, 1.807) is 6.07 Å². The van der Waals surface area contributed by atoms with Crippen LogP contribution in [0.25, 0.3) is 11.4 Å². The van der Waals surface area contributed by atoms with E-state index in [4.69, 9.17) is 20.4 Å². The van der Waals surface area contributed by atoms with E-state index in [1.807, 2.05) is 0 Å². The molecule has 2 aromatic heterocycles. The van der Waals surface area contributed by atoms with Crippen molar-refractivity contribution in [3.8, 4) is 17.3 Å². The van der Waals surface area contributed by atoms with Crippen LogP contribution >= 0.6 is 0 Å². The number of rotatable bonds is 4. The van der Waals surface area contributed by atoms with E-state index >= 15 is 0 Å². The highest BCUT2D eigenvalue weighted by Gasteiger charge is 2.81. The summed E-state index contributed by atoms with van der Waals surface area (Å²) in [5.41, 5.74) is -1.33. The topological polar surface area (TPSA) is 68.2 Å². The zero-order valence-electron chi connectivity index (χ0n) is 18.6. The molecule has 4 unspecified atom stereocenters. The number of piperidine rings is 1. The predicted molar refractivity (Wildman–Crippen MR) is 120 cm³/mol. The predicted octanol–water partition coefficient (Wildman–Crippen LogP) is 3.37. The van der Waals surface area contributed by atoms with Crippen LogP contribution in [0.2, 0.25) is 0 Å². The molecular formula is C24H16B2F4N4O2. The lowest BCUT2D eigenvalue weighted by Crippen LogP contribution is -2.64. The summed E-state index contributed by atoms with van der Waals surface area (Å²) in [5, 5.41) is -1.52. The first-order valence-corrected chi connectivity index (χ1v) is 11.2. The fourth-order valence-corrected chi connectivity index (χ4v) is 5.82. The molecule has 1 aliphatic heterocycles. The summed E-state index contributed by atoms with van der Waals surface area (Å²) in [6.45, 7) is 0. The van der Waals surface area contributed by atoms with Crippen molar-refractivity contribution in [2.24, 2.45) is 11.3 Å². The molecule has 3 fully saturated rings. The quantitative estimate of drug-likeness (QED) is 0.415. The molecule has 2 saturated carbocycles. The largest absolute Gasteiger partial charge is 0.472 e. The molecule has 4 atom stereocenters. The van der Waals surface area contributed by atoms with Gasteiger partial charge in [0.2, 0.25) is 5.88 Å². The Bertz CT molecular complexity index is 1360. The number of likely N-dealkylation sites (tertiary alicyclic amines) is 1. The van der Waals surface area contributed by atoms with Crippen molar-refractivity contribution in [1.29, 1.82) is 0 Å². The average molecular weight is 490 g/mol. The third-order valence-corrected chi connectivity index (χ3v) is 7.48. The number of nitrogens with zero attached hydrogens (tertiary/aromatic N) is 4. The van der Waals surface area contributed by atoms with Gasteiger partial charge in [-0.3, -0.25) is 4.79 Å². The van der Waals surface area contributed by atoms with Crippen LogP contribution < -0.4 is 4.74 Å². The SMILES string of the molecule is [B]C1([B])C2CC23CC(Oc2ccc(C(F)(F)F)cn2)C3N1C(=O)c1cccc(F)c1-c1ncccn1. The molecule has 1 spiro atoms. The van der Waals surface area contributed by atoms with Gasteiger partial charge in [0.25, 0.3) is 5.91 Å². The maximum absolute atomic E-state index is 14.9. The van der Waals surface area contributed by atoms with Crippen molar-refractivity contribution in [2.45, 2.75) is 36.5 Å². The molecule has 36 heavy (non-hydrogen) atoms. The molecule has 0 N–H and O–H groups in total. The third kappa shape index (κ3) is 3.26. The van der Waals surface area contributed by atoms with Crippen LogP contribution in [0.1, 0.15) is 28.8 Å². The number of benzene rings is 1. The number of ether oxygens (including phenoxy) is 1. The highest BCUT2D eigenvalue weighted by atomic mass is 19.4. The van der Waals surface area contributed by atoms with Gasteiger partial charge in [0.1, 0.15) is 11.9 Å². The molecule has 6 nitrogen and oxygen atoms in total. The maximum atomic E-state index is 14.9. The highest BCUT2D eigenvalue weighted by molar-refractivity contribution is 6.42. The van der Waals surface area contributed by atoms with Crippen molar-refractivity contribution < 1.29 is 27.1 Å². The van der Waals surface area contributed by atoms with E-state index in [0.29, 0.717) is 19.0 Å². The van der Waals surface area contributed by atoms with E-state index in [1.165, 1.54) is 35.5 Å². The third-order valence-electron chi connectivity index (χ3n) is 7.48. The smallest absolute Gasteiger partial charge is 0.417 e. The van der Waals surface area contributed by atoms with Crippen molar-refractivity contribution in [1.82, 2.24) is 19.9 Å². The summed E-state index contributed by atoms with van der Waals surface area (Å²) in [7, 11) is 12.9. The van der Waals surface area contributed by atoms with Gasteiger partial charge >= 0.3 is 6.18 Å². The van der Waals surface area contributed by atoms with Gasteiger partial charge < -0.3 is 9.64 Å². The zero-order valence-corrected chi connectivity index (χ0v) is 18.6. The summed E-state index contributed by atoms with van der Waals surface area (Å²) >= 11 is 0. The minimum Gasteiger partial charge on any atom is -0.472 e. The lowest BCUT2D eigenvalue weighted by Gasteiger charge is -2.50. The van der Waals surface area contributed by atoms with Gasteiger partial charge in [0.05, 0.1) is 38.4 Å². The second kappa shape index (κ2) is 7.54. The van der Waals surface area contributed by atoms with Crippen LogP contribution in [0.15, 0.2) is 55.0 Å². The number of hydrogen-bond donors (Lipinski definition) is 0. The molecule has 3 aromatic rings. The molecule has 1 aromatic carbocycles. The van der Waals surface area contributed by atoms with E-state index in [9.17, 15) is 22.4 Å². The number of alkyl halides is 3. The molecule has 178 valence electrons. The first-order valence-electron chi connectivity index (χ1n) is 11.2. The van der Waals surface area contributed by atoms with Gasteiger partial charge in [0.15, 0.2) is 5.82 Å². The van der Waals surface area contributed by atoms with Gasteiger partial charge in [-0.15, -0.1) is 0 Å². The lowest BCUT2D eigenvalue weighted by molar-refractivity contribution is -0.137. The Morgan fingerprint density at radius 1 is 1.06 bits per heavy atom. The maximum Gasteiger partial charge on any atom is 0.417 e. The number of hydrogen-bond acceptors (Lipinski definition) is 5. The van der Waals surface area contributed by atoms with Crippen molar-refractivity contribution >= 4 is 21.6 Å². The molecule has 0 bridgehead atoms. The van der Waals surface area contributed by atoms with Crippen LogP contribution in [-0.2, 0) is 6.18 Å². The van der Waals surface area contributed by atoms with Gasteiger partial charge in [-0.2, -0.15) is 13.2 Å². The molecular weight excluding hydrogens is 474 g/mol. The Labute approximate surface area is 205 Å². The summed E-state index contributed by atoms with van der Waals surface area (Å²) < 4.78 is 59.4. The lowest BCUT2D eigenvalue weighted by atomic mass is 9.58. The summed E-state index contributed by atoms with van der Waals surface area (Å²) in [4.78, 5) is 27.1. The Morgan fingerprint density at radius 3 is 2.47 bits per heavy atom. The molecule has 3 heterocycles. The first kappa shape index (κ1) is 23.0. The molecule has 1 saturated heterocycles. The second-order valence-electron chi connectivity index (χ2n) is 9.48. The molecule has 12 heteroatoms.